The van der Waals surface area contributed by atoms with Gasteiger partial charge in [-0.1, -0.05) is 29.8 Å². The largest absolute Gasteiger partial charge is 0.491 e. The van der Waals surface area contributed by atoms with E-state index in [-0.39, 0.29) is 5.91 Å². The molecule has 0 spiro atoms. The maximum Gasteiger partial charge on any atom is 0.260 e. The van der Waals surface area contributed by atoms with Crippen molar-refractivity contribution >= 4 is 5.91 Å². The second kappa shape index (κ2) is 8.39. The normalized spacial score (nSPS) is 11.7. The molecule has 2 rings (SSSR count). The van der Waals surface area contributed by atoms with Crippen molar-refractivity contribution in [1.82, 2.24) is 5.32 Å². The number of aryl methyl sites for hydroxylation is 3. The number of carbonyl (C=O) groups is 1. The number of rotatable bonds is 7. The average Bonchev–Trinajstić information content (AvgIpc) is 2.56. The molecule has 1 N–H and O–H groups in total. The summed E-state index contributed by atoms with van der Waals surface area (Å²) in [5.74, 6) is 1.39. The number of benzene rings is 2. The quantitative estimate of drug-likeness (QED) is 0.791. The van der Waals surface area contributed by atoms with E-state index >= 15 is 0 Å². The molecule has 0 aromatic heterocycles. The summed E-state index contributed by atoms with van der Waals surface area (Å²) in [7, 11) is 0. The van der Waals surface area contributed by atoms with Gasteiger partial charge in [0.15, 0.2) is 6.10 Å². The molecule has 2 aromatic carbocycles. The Hall–Kier alpha value is -2.49. The summed E-state index contributed by atoms with van der Waals surface area (Å²) in [4.78, 5) is 12.1. The van der Waals surface area contributed by atoms with Crippen LogP contribution in [0.4, 0.5) is 0 Å². The number of amides is 1. The standard InChI is InChI=1S/C20H25NO3/c1-14-6-9-18(10-7-14)24-17(4)20(22)21-11-12-23-19-13-15(2)5-8-16(19)3/h5-10,13,17H,11-12H2,1-4H3,(H,21,22)/t17-/m1/s1. The van der Waals surface area contributed by atoms with Gasteiger partial charge in [0.2, 0.25) is 0 Å². The average molecular weight is 327 g/mol. The molecule has 0 bridgehead atoms. The highest BCUT2D eigenvalue weighted by atomic mass is 16.5. The number of ether oxygens (including phenoxy) is 2. The Morgan fingerprint density at radius 1 is 1.04 bits per heavy atom. The van der Waals surface area contributed by atoms with Crippen molar-refractivity contribution in [2.75, 3.05) is 13.2 Å². The zero-order valence-electron chi connectivity index (χ0n) is 14.8. The molecular formula is C20H25NO3. The van der Waals surface area contributed by atoms with Crippen LogP contribution in [0.2, 0.25) is 0 Å². The van der Waals surface area contributed by atoms with E-state index in [1.807, 2.05) is 63.2 Å². The van der Waals surface area contributed by atoms with Crippen LogP contribution in [0.3, 0.4) is 0 Å². The lowest BCUT2D eigenvalue weighted by Gasteiger charge is -2.15. The van der Waals surface area contributed by atoms with Gasteiger partial charge in [-0.15, -0.1) is 0 Å². The van der Waals surface area contributed by atoms with Crippen molar-refractivity contribution in [2.24, 2.45) is 0 Å². The van der Waals surface area contributed by atoms with E-state index in [4.69, 9.17) is 9.47 Å². The van der Waals surface area contributed by atoms with E-state index in [1.54, 1.807) is 6.92 Å². The van der Waals surface area contributed by atoms with Crippen LogP contribution in [0.25, 0.3) is 0 Å². The Morgan fingerprint density at radius 3 is 2.42 bits per heavy atom. The third-order valence-electron chi connectivity index (χ3n) is 3.71. The lowest BCUT2D eigenvalue weighted by atomic mass is 10.1. The molecular weight excluding hydrogens is 302 g/mol. The highest BCUT2D eigenvalue weighted by molar-refractivity contribution is 5.80. The van der Waals surface area contributed by atoms with Crippen LogP contribution < -0.4 is 14.8 Å². The Balaban J connectivity index is 1.74. The summed E-state index contributed by atoms with van der Waals surface area (Å²) < 4.78 is 11.4. The predicted octanol–water partition coefficient (Wildman–Crippen LogP) is 3.57. The van der Waals surface area contributed by atoms with E-state index in [9.17, 15) is 4.79 Å². The maximum atomic E-state index is 12.1. The third kappa shape index (κ3) is 5.30. The number of nitrogens with one attached hydrogen (secondary N) is 1. The minimum atomic E-state index is -0.548. The molecule has 0 heterocycles. The van der Waals surface area contributed by atoms with Gasteiger partial charge in [0.05, 0.1) is 6.54 Å². The smallest absolute Gasteiger partial charge is 0.260 e. The lowest BCUT2D eigenvalue weighted by molar-refractivity contribution is -0.127. The Bertz CT molecular complexity index is 680. The Labute approximate surface area is 143 Å². The molecule has 128 valence electrons. The zero-order chi connectivity index (χ0) is 17.5. The van der Waals surface area contributed by atoms with Gasteiger partial charge in [-0.3, -0.25) is 4.79 Å². The van der Waals surface area contributed by atoms with Crippen LogP contribution in [0.1, 0.15) is 23.6 Å². The van der Waals surface area contributed by atoms with E-state index in [0.717, 1.165) is 22.4 Å². The highest BCUT2D eigenvalue weighted by Crippen LogP contribution is 2.18. The van der Waals surface area contributed by atoms with Crippen LogP contribution in [-0.2, 0) is 4.79 Å². The summed E-state index contributed by atoms with van der Waals surface area (Å²) in [6.45, 7) is 8.64. The minimum Gasteiger partial charge on any atom is -0.491 e. The summed E-state index contributed by atoms with van der Waals surface area (Å²) >= 11 is 0. The van der Waals surface area contributed by atoms with Gasteiger partial charge < -0.3 is 14.8 Å². The molecule has 4 heteroatoms. The fourth-order valence-electron chi connectivity index (χ4n) is 2.22. The fourth-order valence-corrected chi connectivity index (χ4v) is 2.22. The van der Waals surface area contributed by atoms with Gasteiger partial charge >= 0.3 is 0 Å². The first-order valence-corrected chi connectivity index (χ1v) is 8.17. The number of hydrogen-bond donors (Lipinski definition) is 1. The molecule has 4 nitrogen and oxygen atoms in total. The molecule has 24 heavy (non-hydrogen) atoms. The monoisotopic (exact) mass is 327 g/mol. The molecule has 0 unspecified atom stereocenters. The fraction of sp³-hybridized carbons (Fsp3) is 0.350. The van der Waals surface area contributed by atoms with Gasteiger partial charge in [0, 0.05) is 0 Å². The zero-order valence-corrected chi connectivity index (χ0v) is 14.8. The second-order valence-corrected chi connectivity index (χ2v) is 5.98. The Morgan fingerprint density at radius 2 is 1.71 bits per heavy atom. The highest BCUT2D eigenvalue weighted by Gasteiger charge is 2.14. The first-order valence-electron chi connectivity index (χ1n) is 8.17. The predicted molar refractivity (Wildman–Crippen MR) is 95.7 cm³/mol. The van der Waals surface area contributed by atoms with E-state index < -0.39 is 6.10 Å². The van der Waals surface area contributed by atoms with Gasteiger partial charge in [-0.05, 0) is 57.0 Å². The van der Waals surface area contributed by atoms with Crippen molar-refractivity contribution in [1.29, 1.82) is 0 Å². The van der Waals surface area contributed by atoms with Crippen molar-refractivity contribution in [3.05, 3.63) is 59.2 Å². The van der Waals surface area contributed by atoms with Gasteiger partial charge in [-0.2, -0.15) is 0 Å². The molecule has 1 amide bonds. The SMILES string of the molecule is Cc1ccc(O[C@H](C)C(=O)NCCOc2cc(C)ccc2C)cc1. The molecule has 0 radical (unpaired) electrons. The van der Waals surface area contributed by atoms with Crippen molar-refractivity contribution in [2.45, 2.75) is 33.8 Å². The van der Waals surface area contributed by atoms with Gasteiger partial charge in [0.25, 0.3) is 5.91 Å². The van der Waals surface area contributed by atoms with Crippen LogP contribution in [0, 0.1) is 20.8 Å². The lowest BCUT2D eigenvalue weighted by Crippen LogP contribution is -2.38. The van der Waals surface area contributed by atoms with Gasteiger partial charge in [0.1, 0.15) is 18.1 Å². The van der Waals surface area contributed by atoms with Crippen LogP contribution >= 0.6 is 0 Å². The van der Waals surface area contributed by atoms with E-state index in [2.05, 4.69) is 5.32 Å². The molecule has 0 aliphatic carbocycles. The van der Waals surface area contributed by atoms with Crippen molar-refractivity contribution in [3.63, 3.8) is 0 Å². The van der Waals surface area contributed by atoms with Crippen molar-refractivity contribution in [3.8, 4) is 11.5 Å². The summed E-state index contributed by atoms with van der Waals surface area (Å²) in [6, 6.07) is 13.7. The molecule has 0 aliphatic rings. The van der Waals surface area contributed by atoms with Crippen LogP contribution in [0.5, 0.6) is 11.5 Å². The first kappa shape index (κ1) is 17.9. The molecule has 0 saturated heterocycles. The molecule has 0 saturated carbocycles. The van der Waals surface area contributed by atoms with Crippen LogP contribution in [0.15, 0.2) is 42.5 Å². The van der Waals surface area contributed by atoms with E-state index in [1.165, 1.54) is 0 Å². The summed E-state index contributed by atoms with van der Waals surface area (Å²) in [5.41, 5.74) is 3.39. The first-order chi connectivity index (χ1) is 11.5. The minimum absolute atomic E-state index is 0.153. The second-order valence-electron chi connectivity index (χ2n) is 5.98. The van der Waals surface area contributed by atoms with Crippen molar-refractivity contribution < 1.29 is 14.3 Å². The summed E-state index contributed by atoms with van der Waals surface area (Å²) in [5, 5.41) is 2.83. The van der Waals surface area contributed by atoms with E-state index in [0.29, 0.717) is 18.9 Å². The number of hydrogen-bond acceptors (Lipinski definition) is 3. The van der Waals surface area contributed by atoms with Crippen LogP contribution in [-0.4, -0.2) is 25.2 Å². The molecule has 0 aliphatic heterocycles. The summed E-state index contributed by atoms with van der Waals surface area (Å²) in [6.07, 6.45) is -0.548. The maximum absolute atomic E-state index is 12.1. The third-order valence-corrected chi connectivity index (χ3v) is 3.71. The molecule has 2 aromatic rings. The Kier molecular flexibility index (Phi) is 6.24. The molecule has 1 atom stereocenters. The topological polar surface area (TPSA) is 47.6 Å². The van der Waals surface area contributed by atoms with Gasteiger partial charge in [-0.25, -0.2) is 0 Å². The molecule has 0 fully saturated rings. The number of carbonyl (C=O) groups excluding carboxylic acids is 1.